The fraction of sp³-hybridized carbons (Fsp3) is 0. The van der Waals surface area contributed by atoms with Crippen LogP contribution in [0.1, 0.15) is 0 Å². The SMILES string of the molecule is c1ccc(-c2cc(-c3cc(-c4ccc5cc(-c6cccc7c6sc6ccccc67)ccc5c4)nc(-c4ccccc4)n3)c3ccccc3c2)cc1. The number of fused-ring (bicyclic) bond motifs is 5. The zero-order valence-corrected chi connectivity index (χ0v) is 28.4. The molecule has 238 valence electrons. The molecule has 2 aromatic heterocycles. The zero-order valence-electron chi connectivity index (χ0n) is 27.6. The molecule has 0 amide bonds. The summed E-state index contributed by atoms with van der Waals surface area (Å²) >= 11 is 1.87. The molecule has 0 spiro atoms. The first-order chi connectivity index (χ1) is 25.2. The lowest BCUT2D eigenvalue weighted by Gasteiger charge is -2.14. The van der Waals surface area contributed by atoms with Gasteiger partial charge in [-0.25, -0.2) is 9.97 Å². The van der Waals surface area contributed by atoms with Crippen LogP contribution in [0, 0.1) is 0 Å². The molecular formula is C48H30N2S. The Kier molecular flexibility index (Phi) is 7.04. The smallest absolute Gasteiger partial charge is 0.160 e. The minimum Gasteiger partial charge on any atom is -0.228 e. The van der Waals surface area contributed by atoms with Crippen molar-refractivity contribution in [3.63, 3.8) is 0 Å². The molecule has 8 aromatic carbocycles. The van der Waals surface area contributed by atoms with Crippen molar-refractivity contribution >= 4 is 53.1 Å². The Bertz CT molecular complexity index is 2910. The average Bonchev–Trinajstić information content (AvgIpc) is 3.59. The molecule has 2 heterocycles. The third kappa shape index (κ3) is 5.27. The summed E-state index contributed by atoms with van der Waals surface area (Å²) in [6.07, 6.45) is 0. The molecule has 0 aliphatic rings. The van der Waals surface area contributed by atoms with Crippen molar-refractivity contribution in [2.75, 3.05) is 0 Å². The van der Waals surface area contributed by atoms with Gasteiger partial charge >= 0.3 is 0 Å². The van der Waals surface area contributed by atoms with Crippen molar-refractivity contribution in [3.8, 4) is 56.2 Å². The van der Waals surface area contributed by atoms with Gasteiger partial charge in [0.1, 0.15) is 0 Å². The standard InChI is InChI=1S/C48H30N2S/c1-3-12-31(13-4-1)38-28-35-16-7-8-17-39(35)43(29-38)45-30-44(49-48(50-45)32-14-5-2-6-15-32)37-25-23-33-26-36(24-22-34(33)27-37)40-19-11-20-42-41-18-9-10-21-46(41)51-47(40)42/h1-30H. The minimum atomic E-state index is 0.712. The Morgan fingerprint density at radius 3 is 1.78 bits per heavy atom. The van der Waals surface area contributed by atoms with E-state index in [9.17, 15) is 0 Å². The highest BCUT2D eigenvalue weighted by Gasteiger charge is 2.16. The summed E-state index contributed by atoms with van der Waals surface area (Å²) in [6.45, 7) is 0. The lowest BCUT2D eigenvalue weighted by molar-refractivity contribution is 1.19. The number of aromatic nitrogens is 2. The van der Waals surface area contributed by atoms with E-state index in [0.29, 0.717) is 5.82 Å². The molecule has 0 fully saturated rings. The van der Waals surface area contributed by atoms with Gasteiger partial charge in [0.15, 0.2) is 5.82 Å². The van der Waals surface area contributed by atoms with E-state index in [2.05, 4.69) is 164 Å². The Labute approximate surface area is 300 Å². The van der Waals surface area contributed by atoms with Gasteiger partial charge in [-0.15, -0.1) is 11.3 Å². The number of hydrogen-bond donors (Lipinski definition) is 0. The second kappa shape index (κ2) is 12.2. The van der Waals surface area contributed by atoms with E-state index in [-0.39, 0.29) is 0 Å². The summed E-state index contributed by atoms with van der Waals surface area (Å²) in [5, 5.41) is 7.37. The summed E-state index contributed by atoms with van der Waals surface area (Å²) in [4.78, 5) is 10.4. The number of benzene rings is 8. The van der Waals surface area contributed by atoms with Crippen molar-refractivity contribution < 1.29 is 0 Å². The normalized spacial score (nSPS) is 11.5. The summed E-state index contributed by atoms with van der Waals surface area (Å²) in [6, 6.07) is 65.0. The van der Waals surface area contributed by atoms with E-state index < -0.39 is 0 Å². The molecule has 0 atom stereocenters. The number of rotatable bonds is 5. The number of hydrogen-bond acceptors (Lipinski definition) is 3. The van der Waals surface area contributed by atoms with E-state index >= 15 is 0 Å². The van der Waals surface area contributed by atoms with Crippen LogP contribution < -0.4 is 0 Å². The van der Waals surface area contributed by atoms with E-state index in [1.807, 2.05) is 29.5 Å². The molecule has 10 rings (SSSR count). The lowest BCUT2D eigenvalue weighted by Crippen LogP contribution is -1.97. The van der Waals surface area contributed by atoms with Crippen LogP contribution in [0.4, 0.5) is 0 Å². The molecule has 0 N–H and O–H groups in total. The van der Waals surface area contributed by atoms with Gasteiger partial charge in [-0.1, -0.05) is 146 Å². The monoisotopic (exact) mass is 666 g/mol. The third-order valence-corrected chi connectivity index (χ3v) is 11.1. The molecule has 0 radical (unpaired) electrons. The molecule has 0 aliphatic carbocycles. The second-order valence-electron chi connectivity index (χ2n) is 13.0. The molecule has 0 saturated carbocycles. The largest absolute Gasteiger partial charge is 0.228 e. The lowest BCUT2D eigenvalue weighted by atomic mass is 9.94. The maximum Gasteiger partial charge on any atom is 0.160 e. The van der Waals surface area contributed by atoms with Crippen molar-refractivity contribution in [1.29, 1.82) is 0 Å². The van der Waals surface area contributed by atoms with Crippen LogP contribution >= 0.6 is 11.3 Å². The van der Waals surface area contributed by atoms with Gasteiger partial charge in [-0.3, -0.25) is 0 Å². The van der Waals surface area contributed by atoms with Crippen LogP contribution in [-0.2, 0) is 0 Å². The fourth-order valence-electron chi connectivity index (χ4n) is 7.32. The molecule has 3 heteroatoms. The van der Waals surface area contributed by atoms with Gasteiger partial charge in [0.2, 0.25) is 0 Å². The summed E-state index contributed by atoms with van der Waals surface area (Å²) in [5.41, 5.74) is 9.79. The topological polar surface area (TPSA) is 25.8 Å². The van der Waals surface area contributed by atoms with Crippen LogP contribution in [-0.4, -0.2) is 9.97 Å². The van der Waals surface area contributed by atoms with Gasteiger partial charge in [0, 0.05) is 36.9 Å². The first kappa shape index (κ1) is 29.5. The van der Waals surface area contributed by atoms with Crippen LogP contribution in [0.15, 0.2) is 182 Å². The molecule has 51 heavy (non-hydrogen) atoms. The van der Waals surface area contributed by atoms with Crippen molar-refractivity contribution in [2.45, 2.75) is 0 Å². The quantitative estimate of drug-likeness (QED) is 0.183. The van der Waals surface area contributed by atoms with Crippen molar-refractivity contribution in [2.24, 2.45) is 0 Å². The van der Waals surface area contributed by atoms with Crippen LogP contribution in [0.25, 0.3) is 97.9 Å². The first-order valence-electron chi connectivity index (χ1n) is 17.2. The van der Waals surface area contributed by atoms with Gasteiger partial charge in [-0.05, 0) is 80.2 Å². The van der Waals surface area contributed by atoms with Crippen LogP contribution in [0.3, 0.4) is 0 Å². The third-order valence-electron chi connectivity index (χ3n) is 9.85. The summed E-state index contributed by atoms with van der Waals surface area (Å²) in [5.74, 6) is 0.712. The van der Waals surface area contributed by atoms with Gasteiger partial charge in [0.25, 0.3) is 0 Å². The highest BCUT2D eigenvalue weighted by Crippen LogP contribution is 2.41. The zero-order chi connectivity index (χ0) is 33.7. The Morgan fingerprint density at radius 2 is 0.961 bits per heavy atom. The van der Waals surface area contributed by atoms with Crippen molar-refractivity contribution in [1.82, 2.24) is 9.97 Å². The van der Waals surface area contributed by atoms with Gasteiger partial charge in [0.05, 0.1) is 11.4 Å². The predicted molar refractivity (Wildman–Crippen MR) is 217 cm³/mol. The predicted octanol–water partition coefficient (Wildman–Crippen LogP) is 13.5. The molecule has 0 saturated heterocycles. The van der Waals surface area contributed by atoms with E-state index in [1.165, 1.54) is 64.0 Å². The molecular weight excluding hydrogens is 637 g/mol. The van der Waals surface area contributed by atoms with E-state index in [4.69, 9.17) is 9.97 Å². The van der Waals surface area contributed by atoms with Gasteiger partial charge < -0.3 is 0 Å². The van der Waals surface area contributed by atoms with Crippen molar-refractivity contribution in [3.05, 3.63) is 182 Å². The maximum atomic E-state index is 5.22. The molecule has 10 aromatic rings. The second-order valence-corrected chi connectivity index (χ2v) is 14.0. The molecule has 0 unspecified atom stereocenters. The maximum absolute atomic E-state index is 5.22. The van der Waals surface area contributed by atoms with E-state index in [1.54, 1.807) is 0 Å². The summed E-state index contributed by atoms with van der Waals surface area (Å²) in [7, 11) is 0. The fourth-order valence-corrected chi connectivity index (χ4v) is 8.55. The first-order valence-corrected chi connectivity index (χ1v) is 18.0. The average molecular weight is 667 g/mol. The molecule has 2 nitrogen and oxygen atoms in total. The Hall–Kier alpha value is -6.42. The highest BCUT2D eigenvalue weighted by molar-refractivity contribution is 7.26. The van der Waals surface area contributed by atoms with Crippen LogP contribution in [0.5, 0.6) is 0 Å². The van der Waals surface area contributed by atoms with E-state index in [0.717, 1.165) is 28.1 Å². The van der Waals surface area contributed by atoms with Crippen LogP contribution in [0.2, 0.25) is 0 Å². The highest BCUT2D eigenvalue weighted by atomic mass is 32.1. The van der Waals surface area contributed by atoms with Gasteiger partial charge in [-0.2, -0.15) is 0 Å². The number of nitrogens with zero attached hydrogens (tertiary/aromatic N) is 2. The Balaban J connectivity index is 1.12. The number of thiophene rings is 1. The summed E-state index contributed by atoms with van der Waals surface area (Å²) < 4.78 is 2.66. The molecule has 0 aliphatic heterocycles. The Morgan fingerprint density at radius 1 is 0.333 bits per heavy atom. The molecule has 0 bridgehead atoms. The minimum absolute atomic E-state index is 0.712.